The highest BCUT2D eigenvalue weighted by atomic mass is 16.7. The summed E-state index contributed by atoms with van der Waals surface area (Å²) in [6.45, 7) is 7.99. The molecular formula is C18H22N2O4. The van der Waals surface area contributed by atoms with E-state index >= 15 is 0 Å². The van der Waals surface area contributed by atoms with Gasteiger partial charge in [-0.15, -0.1) is 5.06 Å². The molecule has 3 rings (SSSR count). The number of rotatable bonds is 2. The van der Waals surface area contributed by atoms with Gasteiger partial charge in [0.05, 0.1) is 18.7 Å². The molecule has 0 spiro atoms. The molecule has 0 unspecified atom stereocenters. The third-order valence-corrected chi connectivity index (χ3v) is 3.87. The molecule has 1 aromatic rings. The average molecular weight is 330 g/mol. The van der Waals surface area contributed by atoms with Gasteiger partial charge >= 0.3 is 12.1 Å². The van der Waals surface area contributed by atoms with E-state index < -0.39 is 5.60 Å². The highest BCUT2D eigenvalue weighted by Crippen LogP contribution is 2.27. The van der Waals surface area contributed by atoms with Crippen LogP contribution < -0.4 is 0 Å². The van der Waals surface area contributed by atoms with Crippen molar-refractivity contribution in [2.75, 3.05) is 26.2 Å². The van der Waals surface area contributed by atoms with E-state index in [0.29, 0.717) is 31.7 Å². The Bertz CT molecular complexity index is 660. The fourth-order valence-electron chi connectivity index (χ4n) is 2.51. The van der Waals surface area contributed by atoms with Crippen molar-refractivity contribution in [3.63, 3.8) is 0 Å². The molecule has 0 aromatic heterocycles. The van der Waals surface area contributed by atoms with E-state index in [1.165, 1.54) is 11.1 Å². The van der Waals surface area contributed by atoms with Crippen molar-refractivity contribution in [2.45, 2.75) is 26.4 Å². The minimum Gasteiger partial charge on any atom is -0.444 e. The smallest absolute Gasteiger partial charge is 0.410 e. The second-order valence-corrected chi connectivity index (χ2v) is 7.09. The maximum absolute atomic E-state index is 11.9. The monoisotopic (exact) mass is 330 g/mol. The molecule has 1 aromatic carbocycles. The van der Waals surface area contributed by atoms with E-state index in [-0.39, 0.29) is 12.1 Å². The zero-order valence-corrected chi connectivity index (χ0v) is 14.2. The Kier molecular flexibility index (Phi) is 4.32. The Morgan fingerprint density at radius 1 is 0.958 bits per heavy atom. The van der Waals surface area contributed by atoms with E-state index in [2.05, 4.69) is 0 Å². The largest absolute Gasteiger partial charge is 0.444 e. The van der Waals surface area contributed by atoms with Gasteiger partial charge in [-0.2, -0.15) is 0 Å². The number of hydrogen-bond acceptors (Lipinski definition) is 5. The maximum Gasteiger partial charge on any atom is 0.410 e. The summed E-state index contributed by atoms with van der Waals surface area (Å²) in [4.78, 5) is 30.8. The molecule has 2 fully saturated rings. The Morgan fingerprint density at radius 2 is 1.54 bits per heavy atom. The number of carbonyl (C=O) groups excluding carboxylic acids is 2. The van der Waals surface area contributed by atoms with Crippen molar-refractivity contribution in [1.29, 1.82) is 0 Å². The number of ether oxygens (including phenoxy) is 1. The zero-order chi connectivity index (χ0) is 17.3. The lowest BCUT2D eigenvalue weighted by molar-refractivity contribution is -0.124. The molecule has 2 aliphatic rings. The molecule has 24 heavy (non-hydrogen) atoms. The van der Waals surface area contributed by atoms with Crippen molar-refractivity contribution < 1.29 is 19.2 Å². The highest BCUT2D eigenvalue weighted by Gasteiger charge is 2.35. The predicted octanol–water partition coefficient (Wildman–Crippen LogP) is 2.62. The van der Waals surface area contributed by atoms with Crippen molar-refractivity contribution in [1.82, 2.24) is 9.96 Å². The van der Waals surface area contributed by atoms with Gasteiger partial charge in [-0.3, -0.25) is 0 Å². The van der Waals surface area contributed by atoms with Gasteiger partial charge in [0.25, 0.3) is 0 Å². The first-order valence-corrected chi connectivity index (χ1v) is 8.02. The van der Waals surface area contributed by atoms with Crippen LogP contribution in [0, 0.1) is 0 Å². The van der Waals surface area contributed by atoms with Gasteiger partial charge in [-0.05, 0) is 44.1 Å². The lowest BCUT2D eigenvalue weighted by Crippen LogP contribution is -2.51. The summed E-state index contributed by atoms with van der Waals surface area (Å²) in [6.07, 6.45) is -0.279. The van der Waals surface area contributed by atoms with Crippen LogP contribution in [0.3, 0.4) is 0 Å². The number of hydroxylamine groups is 2. The van der Waals surface area contributed by atoms with Crippen LogP contribution in [-0.2, 0) is 9.57 Å². The molecule has 0 saturated carbocycles. The zero-order valence-electron chi connectivity index (χ0n) is 14.2. The molecule has 0 atom stereocenters. The standard InChI is InChI=1S/C18H22N2O4/c1-18(2,3)23-17(22)19-9-14(10-19)15-11-20(12-15)24-16(21)13-7-5-4-6-8-13/h4-8H,9-12H2,1-3H3. The average Bonchev–Trinajstić information content (AvgIpc) is 2.41. The summed E-state index contributed by atoms with van der Waals surface area (Å²) in [6, 6.07) is 8.92. The lowest BCUT2D eigenvalue weighted by Gasteiger charge is -2.41. The molecule has 0 radical (unpaired) electrons. The lowest BCUT2D eigenvalue weighted by atomic mass is 9.97. The number of hydrogen-bond donors (Lipinski definition) is 0. The highest BCUT2D eigenvalue weighted by molar-refractivity contribution is 5.89. The minimum atomic E-state index is -0.473. The SMILES string of the molecule is CC(C)(C)OC(=O)N1CC(=C2CN(OC(=O)c3ccccc3)C2)C1. The number of likely N-dealkylation sites (tertiary alicyclic amines) is 1. The third-order valence-electron chi connectivity index (χ3n) is 3.87. The van der Waals surface area contributed by atoms with Crippen LogP contribution in [0.15, 0.2) is 41.5 Å². The van der Waals surface area contributed by atoms with Crippen molar-refractivity contribution in [3.8, 4) is 0 Å². The fraction of sp³-hybridized carbons (Fsp3) is 0.444. The summed E-state index contributed by atoms with van der Waals surface area (Å²) in [5, 5.41) is 1.63. The van der Waals surface area contributed by atoms with Crippen LogP contribution in [-0.4, -0.2) is 53.8 Å². The summed E-state index contributed by atoms with van der Waals surface area (Å²) in [7, 11) is 0. The first kappa shape index (κ1) is 16.5. The molecule has 128 valence electrons. The van der Waals surface area contributed by atoms with Gasteiger partial charge in [-0.25, -0.2) is 9.59 Å². The summed E-state index contributed by atoms with van der Waals surface area (Å²) in [5.74, 6) is -0.344. The van der Waals surface area contributed by atoms with E-state index in [9.17, 15) is 9.59 Å². The van der Waals surface area contributed by atoms with Gasteiger partial charge in [0.1, 0.15) is 5.60 Å². The molecule has 0 N–H and O–H groups in total. The number of carbonyl (C=O) groups is 2. The molecule has 0 aliphatic carbocycles. The summed E-state index contributed by atoms with van der Waals surface area (Å²) < 4.78 is 5.33. The van der Waals surface area contributed by atoms with Crippen LogP contribution in [0.2, 0.25) is 0 Å². The van der Waals surface area contributed by atoms with Gasteiger partial charge in [0.2, 0.25) is 0 Å². The first-order valence-electron chi connectivity index (χ1n) is 8.02. The normalized spacial score (nSPS) is 17.9. The predicted molar refractivity (Wildman–Crippen MR) is 88.3 cm³/mol. The van der Waals surface area contributed by atoms with Gasteiger partial charge in [-0.1, -0.05) is 18.2 Å². The van der Waals surface area contributed by atoms with Gasteiger partial charge in [0, 0.05) is 13.1 Å². The molecule has 2 aliphatic heterocycles. The van der Waals surface area contributed by atoms with Crippen LogP contribution in [0.4, 0.5) is 4.79 Å². The van der Waals surface area contributed by atoms with Crippen LogP contribution in [0.1, 0.15) is 31.1 Å². The first-order chi connectivity index (χ1) is 11.3. The van der Waals surface area contributed by atoms with Gasteiger partial charge < -0.3 is 14.5 Å². The van der Waals surface area contributed by atoms with Crippen LogP contribution in [0.25, 0.3) is 0 Å². The second kappa shape index (κ2) is 6.28. The molecule has 0 bridgehead atoms. The molecule has 1 amide bonds. The Hall–Kier alpha value is -2.34. The van der Waals surface area contributed by atoms with Crippen molar-refractivity contribution >= 4 is 12.1 Å². The molecule has 2 saturated heterocycles. The number of amides is 1. The fourth-order valence-corrected chi connectivity index (χ4v) is 2.51. The van der Waals surface area contributed by atoms with E-state index in [0.717, 1.165) is 0 Å². The minimum absolute atomic E-state index is 0.279. The van der Waals surface area contributed by atoms with Crippen LogP contribution >= 0.6 is 0 Å². The Morgan fingerprint density at radius 3 is 2.12 bits per heavy atom. The van der Waals surface area contributed by atoms with Crippen molar-refractivity contribution in [3.05, 3.63) is 47.0 Å². The third kappa shape index (κ3) is 3.76. The number of nitrogens with zero attached hydrogens (tertiary/aromatic N) is 2. The van der Waals surface area contributed by atoms with E-state index in [1.54, 1.807) is 34.2 Å². The maximum atomic E-state index is 11.9. The van der Waals surface area contributed by atoms with E-state index in [4.69, 9.17) is 9.57 Å². The Balaban J connectivity index is 1.44. The molecular weight excluding hydrogens is 308 g/mol. The molecule has 6 nitrogen and oxygen atoms in total. The second-order valence-electron chi connectivity index (χ2n) is 7.09. The Labute approximate surface area is 141 Å². The topological polar surface area (TPSA) is 59.1 Å². The number of benzene rings is 1. The summed E-state index contributed by atoms with van der Waals surface area (Å²) in [5.41, 5.74) is 2.53. The van der Waals surface area contributed by atoms with Gasteiger partial charge in [0.15, 0.2) is 0 Å². The van der Waals surface area contributed by atoms with E-state index in [1.807, 2.05) is 26.8 Å². The quantitative estimate of drug-likeness (QED) is 0.780. The molecule has 6 heteroatoms. The van der Waals surface area contributed by atoms with Crippen LogP contribution in [0.5, 0.6) is 0 Å². The van der Waals surface area contributed by atoms with Crippen molar-refractivity contribution in [2.24, 2.45) is 0 Å². The molecule has 2 heterocycles. The summed E-state index contributed by atoms with van der Waals surface area (Å²) >= 11 is 0.